The summed E-state index contributed by atoms with van der Waals surface area (Å²) < 4.78 is 0. The number of aryl methyl sites for hydroxylation is 1. The second kappa shape index (κ2) is 7.32. The van der Waals surface area contributed by atoms with E-state index in [2.05, 4.69) is 37.0 Å². The van der Waals surface area contributed by atoms with Crippen molar-refractivity contribution in [3.05, 3.63) is 71.3 Å². The monoisotopic (exact) mass is 299 g/mol. The fourth-order valence-corrected chi connectivity index (χ4v) is 2.46. The van der Waals surface area contributed by atoms with Gasteiger partial charge in [-0.05, 0) is 31.4 Å². The molecular formula is C18H21NOS. The minimum Gasteiger partial charge on any atom is -0.349 e. The Bertz CT molecular complexity index is 580. The van der Waals surface area contributed by atoms with Gasteiger partial charge in [-0.25, -0.2) is 0 Å². The predicted molar refractivity (Wildman–Crippen MR) is 90.7 cm³/mol. The zero-order chi connectivity index (χ0) is 15.2. The number of hydrogen-bond acceptors (Lipinski definition) is 2. The summed E-state index contributed by atoms with van der Waals surface area (Å²) in [6.45, 7) is 4.04. The lowest BCUT2D eigenvalue weighted by molar-refractivity contribution is -0.121. The smallest absolute Gasteiger partial charge is 0.233 e. The lowest BCUT2D eigenvalue weighted by Crippen LogP contribution is -2.34. The molecule has 0 saturated heterocycles. The first-order valence-corrected chi connectivity index (χ1v) is 7.67. The molecule has 0 aliphatic heterocycles. The molecule has 0 heterocycles. The molecule has 2 rings (SSSR count). The molecule has 0 spiro atoms. The van der Waals surface area contributed by atoms with Crippen LogP contribution in [0.1, 0.15) is 29.7 Å². The van der Waals surface area contributed by atoms with Gasteiger partial charge in [0, 0.05) is 0 Å². The highest BCUT2D eigenvalue weighted by atomic mass is 32.1. The van der Waals surface area contributed by atoms with Crippen LogP contribution in [0.25, 0.3) is 0 Å². The van der Waals surface area contributed by atoms with E-state index in [1.807, 2.05) is 49.4 Å². The first kappa shape index (κ1) is 15.6. The van der Waals surface area contributed by atoms with Crippen molar-refractivity contribution in [1.29, 1.82) is 0 Å². The van der Waals surface area contributed by atoms with E-state index < -0.39 is 0 Å². The maximum atomic E-state index is 12.2. The first-order chi connectivity index (χ1) is 10.1. The number of thiol groups is 1. The van der Waals surface area contributed by atoms with Gasteiger partial charge in [-0.3, -0.25) is 4.79 Å². The third-order valence-corrected chi connectivity index (χ3v) is 3.93. The maximum Gasteiger partial charge on any atom is 0.233 e. The Morgan fingerprint density at radius 2 is 1.71 bits per heavy atom. The summed E-state index contributed by atoms with van der Waals surface area (Å²) in [4.78, 5) is 12.2. The lowest BCUT2D eigenvalue weighted by atomic mass is 10.1. The molecule has 0 aromatic heterocycles. The van der Waals surface area contributed by atoms with Gasteiger partial charge in [0.15, 0.2) is 0 Å². The SMILES string of the molecule is Cc1ccc(C(C)NC(=O)C(S)Cc2ccccc2)cc1. The highest BCUT2D eigenvalue weighted by Crippen LogP contribution is 2.15. The van der Waals surface area contributed by atoms with Crippen LogP contribution in [0.5, 0.6) is 0 Å². The van der Waals surface area contributed by atoms with Crippen LogP contribution in [0.15, 0.2) is 54.6 Å². The van der Waals surface area contributed by atoms with Crippen LogP contribution in [0.4, 0.5) is 0 Å². The molecule has 0 bridgehead atoms. The molecule has 1 amide bonds. The summed E-state index contributed by atoms with van der Waals surface area (Å²) in [7, 11) is 0. The number of benzene rings is 2. The summed E-state index contributed by atoms with van der Waals surface area (Å²) in [6, 6.07) is 18.1. The van der Waals surface area contributed by atoms with E-state index in [0.29, 0.717) is 6.42 Å². The molecule has 3 heteroatoms. The van der Waals surface area contributed by atoms with Gasteiger partial charge in [0.05, 0.1) is 11.3 Å². The van der Waals surface area contributed by atoms with E-state index in [0.717, 1.165) is 11.1 Å². The van der Waals surface area contributed by atoms with Gasteiger partial charge in [-0.2, -0.15) is 12.6 Å². The molecule has 0 saturated carbocycles. The minimum atomic E-state index is -0.333. The molecule has 21 heavy (non-hydrogen) atoms. The molecule has 2 atom stereocenters. The average Bonchev–Trinajstić information content (AvgIpc) is 2.48. The van der Waals surface area contributed by atoms with Crippen molar-refractivity contribution in [2.45, 2.75) is 31.6 Å². The Hall–Kier alpha value is -1.74. The Morgan fingerprint density at radius 1 is 1.10 bits per heavy atom. The van der Waals surface area contributed by atoms with Gasteiger partial charge in [-0.15, -0.1) is 0 Å². The molecule has 0 aliphatic rings. The van der Waals surface area contributed by atoms with Crippen molar-refractivity contribution >= 4 is 18.5 Å². The van der Waals surface area contributed by atoms with Crippen LogP contribution in [-0.4, -0.2) is 11.2 Å². The van der Waals surface area contributed by atoms with Crippen molar-refractivity contribution < 1.29 is 4.79 Å². The van der Waals surface area contributed by atoms with E-state index in [4.69, 9.17) is 0 Å². The van der Waals surface area contributed by atoms with E-state index in [9.17, 15) is 4.79 Å². The van der Waals surface area contributed by atoms with Crippen molar-refractivity contribution in [3.63, 3.8) is 0 Å². The van der Waals surface area contributed by atoms with Gasteiger partial charge >= 0.3 is 0 Å². The number of carbonyl (C=O) groups excluding carboxylic acids is 1. The van der Waals surface area contributed by atoms with Crippen LogP contribution in [-0.2, 0) is 11.2 Å². The molecule has 1 N–H and O–H groups in total. The van der Waals surface area contributed by atoms with Crippen LogP contribution >= 0.6 is 12.6 Å². The molecule has 2 unspecified atom stereocenters. The van der Waals surface area contributed by atoms with Crippen molar-refractivity contribution in [3.8, 4) is 0 Å². The van der Waals surface area contributed by atoms with Gasteiger partial charge < -0.3 is 5.32 Å². The Morgan fingerprint density at radius 3 is 2.33 bits per heavy atom. The maximum absolute atomic E-state index is 12.2. The van der Waals surface area contributed by atoms with Crippen molar-refractivity contribution in [2.24, 2.45) is 0 Å². The van der Waals surface area contributed by atoms with Crippen molar-refractivity contribution in [2.75, 3.05) is 0 Å². The topological polar surface area (TPSA) is 29.1 Å². The van der Waals surface area contributed by atoms with E-state index in [1.165, 1.54) is 5.56 Å². The Labute approximate surface area is 132 Å². The molecule has 0 fully saturated rings. The van der Waals surface area contributed by atoms with Crippen LogP contribution in [0.2, 0.25) is 0 Å². The van der Waals surface area contributed by atoms with Gasteiger partial charge in [0.25, 0.3) is 0 Å². The molecule has 2 aromatic rings. The normalized spacial score (nSPS) is 13.5. The van der Waals surface area contributed by atoms with Gasteiger partial charge in [0.1, 0.15) is 0 Å². The summed E-state index contributed by atoms with van der Waals surface area (Å²) >= 11 is 4.43. The highest BCUT2D eigenvalue weighted by molar-refractivity contribution is 7.81. The number of hydrogen-bond donors (Lipinski definition) is 2. The molecule has 0 aliphatic carbocycles. The van der Waals surface area contributed by atoms with Crippen LogP contribution in [0, 0.1) is 6.92 Å². The second-order valence-electron chi connectivity index (χ2n) is 5.35. The predicted octanol–water partition coefficient (Wildman–Crippen LogP) is 3.71. The third kappa shape index (κ3) is 4.64. The fourth-order valence-electron chi connectivity index (χ4n) is 2.18. The summed E-state index contributed by atoms with van der Waals surface area (Å²) in [5.74, 6) is -0.0322. The average molecular weight is 299 g/mol. The number of rotatable bonds is 5. The Kier molecular flexibility index (Phi) is 5.45. The molecule has 2 aromatic carbocycles. The lowest BCUT2D eigenvalue weighted by Gasteiger charge is -2.18. The minimum absolute atomic E-state index is 0.0106. The van der Waals surface area contributed by atoms with Crippen LogP contribution in [0.3, 0.4) is 0 Å². The summed E-state index contributed by atoms with van der Waals surface area (Å²) in [5.41, 5.74) is 3.44. The number of nitrogens with one attached hydrogen (secondary N) is 1. The zero-order valence-corrected chi connectivity index (χ0v) is 13.3. The molecule has 0 radical (unpaired) electrons. The van der Waals surface area contributed by atoms with Gasteiger partial charge in [0.2, 0.25) is 5.91 Å². The molecule has 2 nitrogen and oxygen atoms in total. The van der Waals surface area contributed by atoms with E-state index >= 15 is 0 Å². The standard InChI is InChI=1S/C18H21NOS/c1-13-8-10-16(11-9-13)14(2)19-18(20)17(21)12-15-6-4-3-5-7-15/h3-11,14,17,21H,12H2,1-2H3,(H,19,20). The molecular weight excluding hydrogens is 278 g/mol. The highest BCUT2D eigenvalue weighted by Gasteiger charge is 2.17. The quantitative estimate of drug-likeness (QED) is 0.810. The van der Waals surface area contributed by atoms with Crippen molar-refractivity contribution in [1.82, 2.24) is 5.32 Å². The Balaban J connectivity index is 1.92. The van der Waals surface area contributed by atoms with E-state index in [1.54, 1.807) is 0 Å². The number of amides is 1. The second-order valence-corrected chi connectivity index (χ2v) is 5.97. The van der Waals surface area contributed by atoms with Gasteiger partial charge in [-0.1, -0.05) is 60.2 Å². The molecule has 110 valence electrons. The largest absolute Gasteiger partial charge is 0.349 e. The van der Waals surface area contributed by atoms with Crippen LogP contribution < -0.4 is 5.32 Å². The first-order valence-electron chi connectivity index (χ1n) is 7.15. The fraction of sp³-hybridized carbons (Fsp3) is 0.278. The zero-order valence-electron chi connectivity index (χ0n) is 12.4. The van der Waals surface area contributed by atoms with E-state index in [-0.39, 0.29) is 17.2 Å². The summed E-state index contributed by atoms with van der Waals surface area (Å²) in [6.07, 6.45) is 0.635. The number of carbonyl (C=O) groups is 1. The third-order valence-electron chi connectivity index (χ3n) is 3.51. The summed E-state index contributed by atoms with van der Waals surface area (Å²) in [5, 5.41) is 2.69.